The number of allylic oxidation sites excluding steroid dienone is 1. The van der Waals surface area contributed by atoms with E-state index in [4.69, 9.17) is 20.9 Å². The van der Waals surface area contributed by atoms with Crippen LogP contribution >= 0.6 is 0 Å². The summed E-state index contributed by atoms with van der Waals surface area (Å²) >= 11 is 0. The molecule has 232 valence electrons. The summed E-state index contributed by atoms with van der Waals surface area (Å²) in [6.07, 6.45) is -0.778. The Labute approximate surface area is 246 Å². The quantitative estimate of drug-likeness (QED) is 0.191. The zero-order valence-corrected chi connectivity index (χ0v) is 23.8. The molecule has 7 N–H and O–H groups in total. The van der Waals surface area contributed by atoms with Crippen LogP contribution < -0.4 is 21.5 Å². The number of benzene rings is 2. The molecule has 2 aromatic carbocycles. The summed E-state index contributed by atoms with van der Waals surface area (Å²) in [7, 11) is 1.35. The number of rotatable bonds is 8. The molecule has 0 aliphatic carbocycles. The van der Waals surface area contributed by atoms with Crippen LogP contribution in [0.1, 0.15) is 41.8 Å². The van der Waals surface area contributed by atoms with Gasteiger partial charge in [-0.3, -0.25) is 9.78 Å². The minimum Gasteiger partial charge on any atom is -0.495 e. The fourth-order valence-electron chi connectivity index (χ4n) is 4.17. The number of carbonyl (C=O) groups is 1. The van der Waals surface area contributed by atoms with Gasteiger partial charge in [-0.2, -0.15) is 0 Å². The molecule has 9 nitrogen and oxygen atoms in total. The maximum Gasteiger partial charge on any atom is 0.277 e. The van der Waals surface area contributed by atoms with Crippen molar-refractivity contribution in [2.45, 2.75) is 44.5 Å². The van der Waals surface area contributed by atoms with E-state index in [1.807, 2.05) is 0 Å². The first-order chi connectivity index (χ1) is 20.2. The Bertz CT molecular complexity index is 1450. The van der Waals surface area contributed by atoms with Crippen molar-refractivity contribution >= 4 is 17.7 Å². The number of carbonyl (C=O) groups excluding carboxylic acids is 1. The van der Waals surface area contributed by atoms with Crippen LogP contribution in [0.3, 0.4) is 0 Å². The lowest BCUT2D eigenvalue weighted by atomic mass is 9.96. The molecule has 1 unspecified atom stereocenters. The zero-order valence-electron chi connectivity index (χ0n) is 23.8. The highest BCUT2D eigenvalue weighted by Gasteiger charge is 2.25. The smallest absolute Gasteiger partial charge is 0.277 e. The molecule has 2 heterocycles. The second-order valence-electron chi connectivity index (χ2n) is 10.3. The summed E-state index contributed by atoms with van der Waals surface area (Å²) < 4.78 is 62.7. The number of nitrogens with two attached hydrogens (primary N) is 2. The highest BCUT2D eigenvalue weighted by Crippen LogP contribution is 2.30. The van der Waals surface area contributed by atoms with E-state index in [1.165, 1.54) is 69.6 Å². The van der Waals surface area contributed by atoms with Crippen LogP contribution in [0.5, 0.6) is 5.75 Å². The Morgan fingerprint density at radius 2 is 1.91 bits per heavy atom. The molecule has 3 aromatic rings. The Morgan fingerprint density at radius 3 is 2.47 bits per heavy atom. The molecular weight excluding hydrogens is 572 g/mol. The van der Waals surface area contributed by atoms with E-state index in [2.05, 4.69) is 10.3 Å². The lowest BCUT2D eigenvalue weighted by molar-refractivity contribution is 0.0744. The highest BCUT2D eigenvalue weighted by atomic mass is 19.3. The summed E-state index contributed by atoms with van der Waals surface area (Å²) in [4.78, 5) is 16.3. The first kappa shape index (κ1) is 33.3. The number of hydrogen-bond acceptors (Lipinski definition) is 8. The normalized spacial score (nSPS) is 16.9. The maximum atomic E-state index is 14.2. The number of nitrogen functional groups attached to an aromatic ring is 1. The van der Waals surface area contributed by atoms with Crippen molar-refractivity contribution in [1.82, 2.24) is 10.3 Å². The summed E-state index contributed by atoms with van der Waals surface area (Å²) in [5.74, 6) is -1.25. The number of alkyl halides is 2. The van der Waals surface area contributed by atoms with E-state index in [1.54, 1.807) is 0 Å². The van der Waals surface area contributed by atoms with Gasteiger partial charge in [0.05, 0.1) is 42.9 Å². The van der Waals surface area contributed by atoms with Crippen LogP contribution in [0, 0.1) is 11.6 Å². The molecule has 13 heteroatoms. The topological polar surface area (TPSA) is 153 Å². The number of amides is 1. The lowest BCUT2D eigenvalue weighted by Crippen LogP contribution is -2.32. The summed E-state index contributed by atoms with van der Waals surface area (Å²) in [5, 5.41) is 21.9. The third-order valence-corrected chi connectivity index (χ3v) is 6.45. The SMILES string of the molecule is CC(C)(O)c1ccnc(-c2ccc(F)cc2)c1F.COc1cc(C(=O)NCC2C[C@@H](O)CO2)cc(/C=C(\N)C(F)F)c1N. The summed E-state index contributed by atoms with van der Waals surface area (Å²) in [5.41, 5.74) is 10.3. The number of halogens is 4. The molecule has 2 atom stereocenters. The van der Waals surface area contributed by atoms with Gasteiger partial charge in [-0.05, 0) is 62.4 Å². The van der Waals surface area contributed by atoms with E-state index < -0.39 is 41.4 Å². The maximum absolute atomic E-state index is 14.2. The highest BCUT2D eigenvalue weighted by molar-refractivity contribution is 5.96. The number of aliphatic hydroxyl groups excluding tert-OH is 1. The molecule has 1 aromatic heterocycles. The number of aliphatic hydroxyl groups is 2. The van der Waals surface area contributed by atoms with Crippen LogP contribution in [-0.4, -0.2) is 60.0 Å². The van der Waals surface area contributed by atoms with Gasteiger partial charge in [0.25, 0.3) is 12.3 Å². The Kier molecular flexibility index (Phi) is 11.1. The number of methoxy groups -OCH3 is 1. The number of aromatic nitrogens is 1. The number of hydrogen-bond donors (Lipinski definition) is 5. The molecule has 43 heavy (non-hydrogen) atoms. The third-order valence-electron chi connectivity index (χ3n) is 6.45. The fraction of sp³-hybridized carbons (Fsp3) is 0.333. The Hall–Kier alpha value is -4.20. The van der Waals surface area contributed by atoms with Crippen molar-refractivity contribution in [3.8, 4) is 17.0 Å². The fourth-order valence-corrected chi connectivity index (χ4v) is 4.17. The Balaban J connectivity index is 0.000000248. The second-order valence-corrected chi connectivity index (χ2v) is 10.3. The molecule has 0 spiro atoms. The molecule has 1 aliphatic heterocycles. The standard InChI is InChI=1S/C16H21F2N3O4.C14H13F2NO/c1-24-13-4-9(2-8(14(13)20)3-12(19)15(17)18)16(23)21-6-11-5-10(22)7-25-11;1-14(2,18)11-7-8-17-13(12(11)16)9-3-5-10(15)6-4-9/h2-4,10-11,15,22H,5-7,19-20H2,1H3,(H,21,23);3-8,18H,1-2H3/b12-3-;/t10-,11?;/m1./s1. The average Bonchev–Trinajstić information content (AvgIpc) is 3.38. The van der Waals surface area contributed by atoms with Gasteiger partial charge < -0.3 is 36.5 Å². The van der Waals surface area contributed by atoms with Crippen LogP contribution in [0.25, 0.3) is 17.3 Å². The summed E-state index contributed by atoms with van der Waals surface area (Å²) in [6.45, 7) is 3.45. The van der Waals surface area contributed by atoms with Crippen molar-refractivity contribution in [2.75, 3.05) is 26.0 Å². The zero-order chi connectivity index (χ0) is 31.9. The van der Waals surface area contributed by atoms with Gasteiger partial charge in [0.1, 0.15) is 17.3 Å². The summed E-state index contributed by atoms with van der Waals surface area (Å²) in [6, 6.07) is 9.59. The monoisotopic (exact) mass is 606 g/mol. The average molecular weight is 607 g/mol. The first-order valence-electron chi connectivity index (χ1n) is 13.1. The number of nitrogens with one attached hydrogen (secondary N) is 1. The third kappa shape index (κ3) is 8.89. The van der Waals surface area contributed by atoms with Crippen LogP contribution in [-0.2, 0) is 10.3 Å². The predicted molar refractivity (Wildman–Crippen MR) is 153 cm³/mol. The van der Waals surface area contributed by atoms with Crippen molar-refractivity contribution in [3.05, 3.63) is 82.7 Å². The Morgan fingerprint density at radius 1 is 1.23 bits per heavy atom. The molecule has 4 rings (SSSR count). The van der Waals surface area contributed by atoms with Crippen molar-refractivity contribution in [3.63, 3.8) is 0 Å². The second kappa shape index (κ2) is 14.3. The molecule has 0 saturated carbocycles. The van der Waals surface area contributed by atoms with E-state index in [0.29, 0.717) is 12.0 Å². The van der Waals surface area contributed by atoms with Crippen molar-refractivity contribution < 1.29 is 42.0 Å². The predicted octanol–water partition coefficient (Wildman–Crippen LogP) is 3.98. The number of nitrogens with zero attached hydrogens (tertiary/aromatic N) is 1. The van der Waals surface area contributed by atoms with Gasteiger partial charge in [-0.1, -0.05) is 0 Å². The minimum absolute atomic E-state index is 0.102. The van der Waals surface area contributed by atoms with Crippen molar-refractivity contribution in [1.29, 1.82) is 0 Å². The van der Waals surface area contributed by atoms with Crippen LogP contribution in [0.4, 0.5) is 23.2 Å². The number of ether oxygens (including phenoxy) is 2. The van der Waals surface area contributed by atoms with Gasteiger partial charge in [-0.15, -0.1) is 0 Å². The number of pyridine rings is 1. The molecule has 1 fully saturated rings. The molecule has 1 amide bonds. The first-order valence-corrected chi connectivity index (χ1v) is 13.1. The van der Waals surface area contributed by atoms with E-state index in [9.17, 15) is 32.6 Å². The van der Waals surface area contributed by atoms with E-state index >= 15 is 0 Å². The molecule has 1 aliphatic rings. The molecule has 0 bridgehead atoms. The molecule has 1 saturated heterocycles. The number of anilines is 1. The largest absolute Gasteiger partial charge is 0.495 e. The minimum atomic E-state index is -2.84. The van der Waals surface area contributed by atoms with Gasteiger partial charge >= 0.3 is 0 Å². The molecular formula is C30H34F4N4O5. The van der Waals surface area contributed by atoms with Crippen LogP contribution in [0.2, 0.25) is 0 Å². The van der Waals surface area contributed by atoms with E-state index in [-0.39, 0.29) is 53.1 Å². The van der Waals surface area contributed by atoms with Crippen molar-refractivity contribution in [2.24, 2.45) is 5.73 Å². The van der Waals surface area contributed by atoms with Gasteiger partial charge in [-0.25, -0.2) is 17.6 Å². The molecule has 0 radical (unpaired) electrons. The van der Waals surface area contributed by atoms with E-state index in [0.717, 1.165) is 6.08 Å². The van der Waals surface area contributed by atoms with Gasteiger partial charge in [0.15, 0.2) is 5.82 Å². The van der Waals surface area contributed by atoms with Gasteiger partial charge in [0, 0.05) is 41.4 Å². The van der Waals surface area contributed by atoms with Crippen LogP contribution in [0.15, 0.2) is 54.4 Å². The lowest BCUT2D eigenvalue weighted by Gasteiger charge is -2.19. The van der Waals surface area contributed by atoms with Gasteiger partial charge in [0.2, 0.25) is 0 Å².